The molecule has 3 heterocycles. The van der Waals surface area contributed by atoms with Crippen LogP contribution >= 0.6 is 0 Å². The highest BCUT2D eigenvalue weighted by molar-refractivity contribution is 5.66. The first-order valence-corrected chi connectivity index (χ1v) is 7.07. The lowest BCUT2D eigenvalue weighted by Crippen LogP contribution is -2.29. The average molecular weight is 259 g/mol. The van der Waals surface area contributed by atoms with Gasteiger partial charge in [0.15, 0.2) is 5.82 Å². The van der Waals surface area contributed by atoms with Crippen LogP contribution in [0.15, 0.2) is 24.7 Å². The van der Waals surface area contributed by atoms with E-state index in [9.17, 15) is 0 Å². The SMILES string of the molecule is CC(CNc1nccn2nccc12)CN1CCCC1. The third-order valence-corrected chi connectivity index (χ3v) is 3.71. The van der Waals surface area contributed by atoms with E-state index in [4.69, 9.17) is 0 Å². The second-order valence-corrected chi connectivity index (χ2v) is 5.43. The molecule has 0 aliphatic carbocycles. The third-order valence-electron chi connectivity index (χ3n) is 3.71. The summed E-state index contributed by atoms with van der Waals surface area (Å²) in [5, 5.41) is 7.67. The fourth-order valence-corrected chi connectivity index (χ4v) is 2.74. The molecule has 1 atom stereocenters. The van der Waals surface area contributed by atoms with E-state index in [1.54, 1.807) is 12.4 Å². The Morgan fingerprint density at radius 1 is 1.32 bits per heavy atom. The summed E-state index contributed by atoms with van der Waals surface area (Å²) in [6, 6.07) is 1.99. The molecule has 1 fully saturated rings. The molecule has 19 heavy (non-hydrogen) atoms. The van der Waals surface area contributed by atoms with Gasteiger partial charge in [-0.25, -0.2) is 9.50 Å². The summed E-state index contributed by atoms with van der Waals surface area (Å²) in [6.45, 7) is 6.95. The maximum atomic E-state index is 4.40. The summed E-state index contributed by atoms with van der Waals surface area (Å²) >= 11 is 0. The van der Waals surface area contributed by atoms with Gasteiger partial charge in [0.1, 0.15) is 5.52 Å². The first kappa shape index (κ1) is 12.4. The van der Waals surface area contributed by atoms with Crippen LogP contribution in [0.5, 0.6) is 0 Å². The summed E-state index contributed by atoms with van der Waals surface area (Å²) in [7, 11) is 0. The zero-order valence-electron chi connectivity index (χ0n) is 11.4. The quantitative estimate of drug-likeness (QED) is 0.890. The molecule has 5 nitrogen and oxygen atoms in total. The first-order valence-electron chi connectivity index (χ1n) is 7.07. The van der Waals surface area contributed by atoms with E-state index in [-0.39, 0.29) is 0 Å². The van der Waals surface area contributed by atoms with Gasteiger partial charge < -0.3 is 10.2 Å². The first-order chi connectivity index (χ1) is 9.33. The summed E-state index contributed by atoms with van der Waals surface area (Å²) < 4.78 is 1.85. The Bertz CT molecular complexity index is 529. The molecule has 0 saturated carbocycles. The van der Waals surface area contributed by atoms with E-state index in [0.29, 0.717) is 5.92 Å². The van der Waals surface area contributed by atoms with Crippen molar-refractivity contribution in [3.05, 3.63) is 24.7 Å². The molecule has 0 spiro atoms. The van der Waals surface area contributed by atoms with Gasteiger partial charge in [0.2, 0.25) is 0 Å². The lowest BCUT2D eigenvalue weighted by molar-refractivity contribution is 0.294. The lowest BCUT2D eigenvalue weighted by atomic mass is 10.1. The highest BCUT2D eigenvalue weighted by Crippen LogP contribution is 2.14. The zero-order chi connectivity index (χ0) is 13.1. The van der Waals surface area contributed by atoms with E-state index >= 15 is 0 Å². The number of fused-ring (bicyclic) bond motifs is 1. The number of hydrogen-bond donors (Lipinski definition) is 1. The van der Waals surface area contributed by atoms with Gasteiger partial charge in [-0.3, -0.25) is 0 Å². The van der Waals surface area contributed by atoms with E-state index in [1.807, 2.05) is 16.8 Å². The molecule has 1 aliphatic rings. The molecule has 1 saturated heterocycles. The van der Waals surface area contributed by atoms with E-state index < -0.39 is 0 Å². The van der Waals surface area contributed by atoms with E-state index in [0.717, 1.165) is 17.9 Å². The molecule has 0 aromatic carbocycles. The van der Waals surface area contributed by atoms with Crippen LogP contribution in [0, 0.1) is 5.92 Å². The maximum absolute atomic E-state index is 4.40. The fourth-order valence-electron chi connectivity index (χ4n) is 2.74. The zero-order valence-corrected chi connectivity index (χ0v) is 11.4. The molecule has 0 bridgehead atoms. The largest absolute Gasteiger partial charge is 0.368 e. The predicted octanol–water partition coefficient (Wildman–Crippen LogP) is 1.87. The van der Waals surface area contributed by atoms with Gasteiger partial charge in [-0.2, -0.15) is 5.10 Å². The number of rotatable bonds is 5. The van der Waals surface area contributed by atoms with Crippen LogP contribution in [-0.4, -0.2) is 45.7 Å². The van der Waals surface area contributed by atoms with Gasteiger partial charge in [-0.1, -0.05) is 6.92 Å². The highest BCUT2D eigenvalue weighted by atomic mass is 15.2. The molecule has 102 valence electrons. The second-order valence-electron chi connectivity index (χ2n) is 5.43. The van der Waals surface area contributed by atoms with Gasteiger partial charge >= 0.3 is 0 Å². The van der Waals surface area contributed by atoms with Crippen LogP contribution in [0.2, 0.25) is 0 Å². The Labute approximate surface area is 113 Å². The lowest BCUT2D eigenvalue weighted by Gasteiger charge is -2.20. The molecule has 2 aromatic rings. The summed E-state index contributed by atoms with van der Waals surface area (Å²) in [5.41, 5.74) is 1.04. The van der Waals surface area contributed by atoms with Crippen molar-refractivity contribution in [2.24, 2.45) is 5.92 Å². The van der Waals surface area contributed by atoms with Crippen molar-refractivity contribution in [1.29, 1.82) is 0 Å². The van der Waals surface area contributed by atoms with Crippen LogP contribution in [0.25, 0.3) is 5.52 Å². The number of anilines is 1. The molecule has 3 rings (SSSR count). The normalized spacial score (nSPS) is 17.9. The Balaban J connectivity index is 1.57. The number of aromatic nitrogens is 3. The van der Waals surface area contributed by atoms with Crippen molar-refractivity contribution in [1.82, 2.24) is 19.5 Å². The van der Waals surface area contributed by atoms with Crippen molar-refractivity contribution in [3.8, 4) is 0 Å². The van der Waals surface area contributed by atoms with Gasteiger partial charge in [0.05, 0.1) is 6.20 Å². The third kappa shape index (κ3) is 2.87. The van der Waals surface area contributed by atoms with Crippen LogP contribution < -0.4 is 5.32 Å². The Morgan fingerprint density at radius 3 is 3.00 bits per heavy atom. The molecule has 1 aliphatic heterocycles. The van der Waals surface area contributed by atoms with Crippen LogP contribution in [-0.2, 0) is 0 Å². The molecular weight excluding hydrogens is 238 g/mol. The Morgan fingerprint density at radius 2 is 2.16 bits per heavy atom. The number of hydrogen-bond acceptors (Lipinski definition) is 4. The van der Waals surface area contributed by atoms with Gasteiger partial charge in [-0.05, 0) is 37.9 Å². The van der Waals surface area contributed by atoms with Gasteiger partial charge in [0.25, 0.3) is 0 Å². The topological polar surface area (TPSA) is 45.5 Å². The van der Waals surface area contributed by atoms with Crippen LogP contribution in [0.1, 0.15) is 19.8 Å². The Hall–Kier alpha value is -1.62. The smallest absolute Gasteiger partial charge is 0.152 e. The molecule has 5 heteroatoms. The molecule has 1 unspecified atom stereocenters. The highest BCUT2D eigenvalue weighted by Gasteiger charge is 2.14. The van der Waals surface area contributed by atoms with E-state index in [2.05, 4.69) is 27.2 Å². The molecule has 0 radical (unpaired) electrons. The fraction of sp³-hybridized carbons (Fsp3) is 0.571. The molecule has 0 amide bonds. The summed E-state index contributed by atoms with van der Waals surface area (Å²) in [6.07, 6.45) is 8.17. The van der Waals surface area contributed by atoms with Gasteiger partial charge in [0, 0.05) is 25.5 Å². The number of nitrogens with one attached hydrogen (secondary N) is 1. The molecular formula is C14H21N5. The minimum Gasteiger partial charge on any atom is -0.368 e. The van der Waals surface area contributed by atoms with Gasteiger partial charge in [-0.15, -0.1) is 0 Å². The summed E-state index contributed by atoms with van der Waals surface area (Å²) in [4.78, 5) is 6.95. The number of nitrogens with zero attached hydrogens (tertiary/aromatic N) is 4. The molecule has 2 aromatic heterocycles. The van der Waals surface area contributed by atoms with Crippen molar-refractivity contribution in [2.45, 2.75) is 19.8 Å². The Kier molecular flexibility index (Phi) is 3.64. The van der Waals surface area contributed by atoms with E-state index in [1.165, 1.54) is 32.5 Å². The van der Waals surface area contributed by atoms with Crippen LogP contribution in [0.3, 0.4) is 0 Å². The maximum Gasteiger partial charge on any atom is 0.152 e. The van der Waals surface area contributed by atoms with Crippen LogP contribution in [0.4, 0.5) is 5.82 Å². The minimum atomic E-state index is 0.628. The van der Waals surface area contributed by atoms with Crippen molar-refractivity contribution in [3.63, 3.8) is 0 Å². The monoisotopic (exact) mass is 259 g/mol. The number of likely N-dealkylation sites (tertiary alicyclic amines) is 1. The second kappa shape index (κ2) is 5.57. The minimum absolute atomic E-state index is 0.628. The average Bonchev–Trinajstić information content (AvgIpc) is 3.06. The van der Waals surface area contributed by atoms with Crippen molar-refractivity contribution >= 4 is 11.3 Å². The standard InChI is InChI=1S/C14H21N5/c1-12(11-18-7-2-3-8-18)10-16-14-13-4-5-17-19(13)9-6-15-14/h4-6,9,12H,2-3,7-8,10-11H2,1H3,(H,15,16). The summed E-state index contributed by atoms with van der Waals surface area (Å²) in [5.74, 6) is 1.55. The predicted molar refractivity (Wildman–Crippen MR) is 76.3 cm³/mol. The molecule has 1 N–H and O–H groups in total. The van der Waals surface area contributed by atoms with Crippen molar-refractivity contribution in [2.75, 3.05) is 31.5 Å². The van der Waals surface area contributed by atoms with Crippen molar-refractivity contribution < 1.29 is 0 Å².